The van der Waals surface area contributed by atoms with E-state index in [0.717, 1.165) is 29.0 Å². The third-order valence-electron chi connectivity index (χ3n) is 3.28. The van der Waals surface area contributed by atoms with Gasteiger partial charge in [-0.3, -0.25) is 9.48 Å². The Kier molecular flexibility index (Phi) is 4.12. The van der Waals surface area contributed by atoms with Gasteiger partial charge in [0.15, 0.2) is 11.0 Å². The number of thioether (sulfide) groups is 1. The maximum Gasteiger partial charge on any atom is 0.313 e. The highest BCUT2D eigenvalue weighted by atomic mass is 32.2. The predicted molar refractivity (Wildman–Crippen MR) is 74.9 cm³/mol. The molecule has 0 aliphatic heterocycles. The fourth-order valence-electron chi connectivity index (χ4n) is 1.81. The molecule has 2 aromatic heterocycles. The normalized spacial score (nSPS) is 11.0. The molecule has 0 atom stereocenters. The average Bonchev–Trinajstić information content (AvgIpc) is 2.85. The van der Waals surface area contributed by atoms with Gasteiger partial charge in [0, 0.05) is 12.7 Å². The van der Waals surface area contributed by atoms with E-state index in [1.807, 2.05) is 32.5 Å². The summed E-state index contributed by atoms with van der Waals surface area (Å²) >= 11 is 1.16. The van der Waals surface area contributed by atoms with Crippen LogP contribution in [0.5, 0.6) is 0 Å². The van der Waals surface area contributed by atoms with Crippen molar-refractivity contribution in [1.29, 1.82) is 0 Å². The van der Waals surface area contributed by atoms with E-state index in [1.54, 1.807) is 4.57 Å². The first-order valence-corrected chi connectivity index (χ1v) is 7.12. The Morgan fingerprint density at radius 2 is 2.00 bits per heavy atom. The van der Waals surface area contributed by atoms with Crippen LogP contribution in [-0.4, -0.2) is 41.4 Å². The van der Waals surface area contributed by atoms with Crippen molar-refractivity contribution in [1.82, 2.24) is 24.5 Å². The molecular weight excluding hydrogens is 278 g/mol. The summed E-state index contributed by atoms with van der Waals surface area (Å²) in [7, 11) is 1.83. The van der Waals surface area contributed by atoms with Gasteiger partial charge in [-0.2, -0.15) is 5.10 Å². The molecule has 0 saturated carbocycles. The van der Waals surface area contributed by atoms with Crippen LogP contribution in [0.25, 0.3) is 0 Å². The maximum absolute atomic E-state index is 10.6. The molecule has 0 spiro atoms. The van der Waals surface area contributed by atoms with E-state index in [0.29, 0.717) is 11.7 Å². The van der Waals surface area contributed by atoms with Crippen LogP contribution in [-0.2, 0) is 18.4 Å². The van der Waals surface area contributed by atoms with Crippen molar-refractivity contribution in [2.75, 3.05) is 5.75 Å². The molecule has 2 aromatic rings. The number of carboxylic acid groups (broad SMARTS) is 1. The molecule has 0 aromatic carbocycles. The number of carbonyl (C=O) groups is 1. The van der Waals surface area contributed by atoms with Gasteiger partial charge >= 0.3 is 5.97 Å². The second kappa shape index (κ2) is 5.66. The Labute approximate surface area is 121 Å². The van der Waals surface area contributed by atoms with Crippen LogP contribution < -0.4 is 0 Å². The fourth-order valence-corrected chi connectivity index (χ4v) is 2.46. The molecule has 0 amide bonds. The molecule has 7 nitrogen and oxygen atoms in total. The zero-order valence-electron chi connectivity index (χ0n) is 11.9. The first-order chi connectivity index (χ1) is 9.40. The van der Waals surface area contributed by atoms with Gasteiger partial charge < -0.3 is 9.67 Å². The number of hydrogen-bond donors (Lipinski definition) is 1. The lowest BCUT2D eigenvalue weighted by Crippen LogP contribution is -2.09. The molecule has 2 heterocycles. The summed E-state index contributed by atoms with van der Waals surface area (Å²) < 4.78 is 3.69. The summed E-state index contributed by atoms with van der Waals surface area (Å²) in [6.07, 6.45) is 0. The van der Waals surface area contributed by atoms with Crippen molar-refractivity contribution in [2.24, 2.45) is 7.05 Å². The molecule has 8 heteroatoms. The Morgan fingerprint density at radius 1 is 1.30 bits per heavy atom. The maximum atomic E-state index is 10.6. The first-order valence-electron chi connectivity index (χ1n) is 6.13. The number of rotatable bonds is 5. The number of aliphatic carboxylic acids is 1. The van der Waals surface area contributed by atoms with E-state index in [4.69, 9.17) is 5.11 Å². The highest BCUT2D eigenvalue weighted by molar-refractivity contribution is 7.99. The minimum absolute atomic E-state index is 0.0228. The van der Waals surface area contributed by atoms with Gasteiger partial charge in [-0.15, -0.1) is 10.2 Å². The molecule has 0 radical (unpaired) electrons. The Balaban J connectivity index is 2.18. The smallest absolute Gasteiger partial charge is 0.313 e. The fraction of sp³-hybridized carbons (Fsp3) is 0.500. The average molecular weight is 295 g/mol. The SMILES string of the molecule is Cc1nn(Cc2nnc(SCC(=O)O)n2C)c(C)c1C. The molecule has 2 rings (SSSR count). The van der Waals surface area contributed by atoms with Gasteiger partial charge in [0.05, 0.1) is 11.4 Å². The second-order valence-electron chi connectivity index (χ2n) is 4.59. The molecular formula is C12H17N5O2S. The summed E-state index contributed by atoms with van der Waals surface area (Å²) in [5, 5.41) is 21.9. The van der Waals surface area contributed by atoms with Crippen molar-refractivity contribution in [3.63, 3.8) is 0 Å². The summed E-state index contributed by atoms with van der Waals surface area (Å²) in [6, 6.07) is 0. The van der Waals surface area contributed by atoms with Crippen molar-refractivity contribution in [2.45, 2.75) is 32.5 Å². The van der Waals surface area contributed by atoms with Gasteiger partial charge in [0.2, 0.25) is 0 Å². The molecule has 108 valence electrons. The van der Waals surface area contributed by atoms with E-state index in [1.165, 1.54) is 5.56 Å². The summed E-state index contributed by atoms with van der Waals surface area (Å²) in [6.45, 7) is 6.56. The zero-order valence-corrected chi connectivity index (χ0v) is 12.7. The van der Waals surface area contributed by atoms with Crippen LogP contribution >= 0.6 is 11.8 Å². The standard InChI is InChI=1S/C12H17N5O2S/c1-7-8(2)15-17(9(7)3)5-10-13-14-12(16(10)4)20-6-11(18)19/h5-6H2,1-4H3,(H,18,19). The number of aryl methyl sites for hydroxylation is 1. The third kappa shape index (κ3) is 2.84. The topological polar surface area (TPSA) is 85.8 Å². The van der Waals surface area contributed by atoms with Crippen LogP contribution in [0.15, 0.2) is 5.16 Å². The van der Waals surface area contributed by atoms with Crippen LogP contribution in [0.3, 0.4) is 0 Å². The third-order valence-corrected chi connectivity index (χ3v) is 4.29. The van der Waals surface area contributed by atoms with E-state index in [-0.39, 0.29) is 5.75 Å². The van der Waals surface area contributed by atoms with Crippen LogP contribution in [0.4, 0.5) is 0 Å². The van der Waals surface area contributed by atoms with Gasteiger partial charge in [-0.1, -0.05) is 11.8 Å². The number of hydrogen-bond acceptors (Lipinski definition) is 5. The molecule has 0 unspecified atom stereocenters. The largest absolute Gasteiger partial charge is 0.481 e. The van der Waals surface area contributed by atoms with Crippen molar-refractivity contribution < 1.29 is 9.90 Å². The van der Waals surface area contributed by atoms with Gasteiger partial charge in [0.25, 0.3) is 0 Å². The molecule has 0 fully saturated rings. The highest BCUT2D eigenvalue weighted by Gasteiger charge is 2.14. The second-order valence-corrected chi connectivity index (χ2v) is 5.54. The van der Waals surface area contributed by atoms with Gasteiger partial charge in [-0.05, 0) is 26.3 Å². The minimum Gasteiger partial charge on any atom is -0.481 e. The van der Waals surface area contributed by atoms with E-state index >= 15 is 0 Å². The lowest BCUT2D eigenvalue weighted by atomic mass is 10.2. The highest BCUT2D eigenvalue weighted by Crippen LogP contribution is 2.17. The molecule has 0 aliphatic carbocycles. The van der Waals surface area contributed by atoms with Crippen molar-refractivity contribution in [3.05, 3.63) is 22.8 Å². The molecule has 20 heavy (non-hydrogen) atoms. The number of carboxylic acids is 1. The lowest BCUT2D eigenvalue weighted by Gasteiger charge is -2.05. The van der Waals surface area contributed by atoms with Crippen LogP contribution in [0, 0.1) is 20.8 Å². The van der Waals surface area contributed by atoms with Crippen LogP contribution in [0.1, 0.15) is 22.8 Å². The summed E-state index contributed by atoms with van der Waals surface area (Å²) in [5.74, 6) is -0.137. The molecule has 1 N–H and O–H groups in total. The quantitative estimate of drug-likeness (QED) is 0.833. The Hall–Kier alpha value is -1.83. The zero-order chi connectivity index (χ0) is 14.9. The van der Waals surface area contributed by atoms with Gasteiger partial charge in [-0.25, -0.2) is 0 Å². The van der Waals surface area contributed by atoms with Crippen molar-refractivity contribution in [3.8, 4) is 0 Å². The summed E-state index contributed by atoms with van der Waals surface area (Å²) in [5.41, 5.74) is 3.28. The first kappa shape index (κ1) is 14.6. The van der Waals surface area contributed by atoms with E-state index in [9.17, 15) is 4.79 Å². The molecule has 0 bridgehead atoms. The predicted octanol–water partition coefficient (Wildman–Crippen LogP) is 1.16. The Bertz CT molecular complexity index is 647. The molecule has 0 saturated heterocycles. The lowest BCUT2D eigenvalue weighted by molar-refractivity contribution is -0.133. The van der Waals surface area contributed by atoms with E-state index < -0.39 is 5.97 Å². The summed E-state index contributed by atoms with van der Waals surface area (Å²) in [4.78, 5) is 10.6. The minimum atomic E-state index is -0.867. The number of nitrogens with zero attached hydrogens (tertiary/aromatic N) is 5. The number of aromatic nitrogens is 5. The van der Waals surface area contributed by atoms with E-state index in [2.05, 4.69) is 15.3 Å². The Morgan fingerprint density at radius 3 is 2.55 bits per heavy atom. The van der Waals surface area contributed by atoms with Crippen molar-refractivity contribution >= 4 is 17.7 Å². The van der Waals surface area contributed by atoms with Gasteiger partial charge in [0.1, 0.15) is 6.54 Å². The van der Waals surface area contributed by atoms with Crippen LogP contribution in [0.2, 0.25) is 0 Å². The molecule has 0 aliphatic rings. The monoisotopic (exact) mass is 295 g/mol.